The van der Waals surface area contributed by atoms with E-state index in [0.29, 0.717) is 113 Å². The van der Waals surface area contributed by atoms with Gasteiger partial charge in [0.15, 0.2) is 17.1 Å². The van der Waals surface area contributed by atoms with Crippen molar-refractivity contribution in [1.82, 2.24) is 60.4 Å². The average Bonchev–Trinajstić information content (AvgIpc) is 1.68. The van der Waals surface area contributed by atoms with Crippen LogP contribution in [0.25, 0.3) is 33.8 Å². The first-order chi connectivity index (χ1) is 47.5. The molecule has 0 saturated carbocycles. The van der Waals surface area contributed by atoms with Crippen molar-refractivity contribution in [1.29, 1.82) is 0 Å². The van der Waals surface area contributed by atoms with Crippen molar-refractivity contribution in [2.24, 2.45) is 0 Å². The van der Waals surface area contributed by atoms with Gasteiger partial charge in [-0.25, -0.2) is 33.2 Å². The summed E-state index contributed by atoms with van der Waals surface area (Å²) >= 11 is 50.3. The van der Waals surface area contributed by atoms with Crippen molar-refractivity contribution in [3.63, 3.8) is 0 Å². The molecule has 0 unspecified atom stereocenters. The Labute approximate surface area is 613 Å². The second kappa shape index (κ2) is 37.8. The zero-order valence-corrected chi connectivity index (χ0v) is 59.8. The number of carboxylic acid groups (broad SMARTS) is 2. The van der Waals surface area contributed by atoms with Crippen molar-refractivity contribution >= 4 is 140 Å². The van der Waals surface area contributed by atoms with Gasteiger partial charge in [-0.1, -0.05) is 163 Å². The van der Waals surface area contributed by atoms with Crippen LogP contribution in [0, 0.1) is 0 Å². The number of carbonyl (C=O) groups is 4. The number of benzene rings is 7. The van der Waals surface area contributed by atoms with E-state index in [-0.39, 0.29) is 35.1 Å². The van der Waals surface area contributed by atoms with Gasteiger partial charge in [0.05, 0.1) is 94.4 Å². The average molecular weight is 1570 g/mol. The summed E-state index contributed by atoms with van der Waals surface area (Å²) in [6, 6.07) is 42.0. The first-order valence-corrected chi connectivity index (χ1v) is 32.3. The van der Waals surface area contributed by atoms with Crippen molar-refractivity contribution in [2.45, 2.75) is 33.5 Å². The highest BCUT2D eigenvalue weighted by Gasteiger charge is 2.25. The number of halogens is 9. The van der Waals surface area contributed by atoms with Gasteiger partial charge in [0.2, 0.25) is 5.69 Å². The number of esters is 2. The number of carboxylic acids is 2. The quantitative estimate of drug-likeness (QED) is 0.0407. The minimum absolute atomic E-state index is 0.128. The smallest absolute Gasteiger partial charge is 0.537 e. The van der Waals surface area contributed by atoms with E-state index in [4.69, 9.17) is 127 Å². The molecule has 1 radical (unpaired) electrons. The third-order valence-electron chi connectivity index (χ3n) is 13.2. The van der Waals surface area contributed by atoms with Crippen LogP contribution in [0.4, 0.5) is 0 Å². The normalized spacial score (nSPS) is 10.4. The number of methoxy groups -OCH3 is 3. The van der Waals surface area contributed by atoms with Crippen molar-refractivity contribution in [3.8, 4) is 56.8 Å². The predicted octanol–water partition coefficient (Wildman–Crippen LogP) is 15.1. The Balaban J connectivity index is 0.000000179. The molecule has 0 aliphatic heterocycles. The molecular formula is C64H53BBrCl8N12O13. The fraction of sp³-hybridized carbons (Fsp3) is 0.156. The highest BCUT2D eigenvalue weighted by molar-refractivity contribution is 9.10. The van der Waals surface area contributed by atoms with Crippen molar-refractivity contribution in [2.75, 3.05) is 34.5 Å². The topological polar surface area (TPSA) is 318 Å². The van der Waals surface area contributed by atoms with Crippen molar-refractivity contribution < 1.29 is 62.8 Å². The second-order valence-corrected chi connectivity index (χ2v) is 23.6. The lowest BCUT2D eigenvalue weighted by Crippen LogP contribution is -2.09. The third kappa shape index (κ3) is 21.5. The number of hydrogen-bond acceptors (Lipinski definition) is 19. The fourth-order valence-corrected chi connectivity index (χ4v) is 10.1. The lowest BCUT2D eigenvalue weighted by Gasteiger charge is -2.10. The van der Waals surface area contributed by atoms with Crippen LogP contribution in [0.1, 0.15) is 72.5 Å². The summed E-state index contributed by atoms with van der Waals surface area (Å²) in [5, 5.41) is 62.9. The van der Waals surface area contributed by atoms with E-state index in [2.05, 4.69) is 66.9 Å². The molecule has 4 heterocycles. The standard InChI is InChI=1S/C19H17Cl2N3O3.C17H13Cl2N3O3.C13H14BrN3O3.C9H5Cl2N3O2.C6H4BCl2O2/c1-3-27-19(25)17-18(13-6-9-15(20)16(21)10-13)24(23-22-17)11-12-4-7-14(26-2)8-5-12;1-25-12-5-2-10(3-6-12)9-22-16(15(17(23)24)20-21-22)11-4-7-13(18)14(19)8-11;1-3-20-13(18)11-12(14)17(16-15-11)8-9-4-6-10(19-2)7-5-9;10-5-2-1-4(3-6(5)11)7-8(9(15)16)13-14-12-7;8-5-2-1-4(11-7-10)3-6(5)9/h4-10H,3,11H2,1-2H3;2-8H,9H2,1H3,(H,23,24);4-7H,3,8H2,1-2H3;1-3H,(H,15,16)(H,12,13,14);1-3,10H. The maximum Gasteiger partial charge on any atom is 0.569 e. The maximum atomic E-state index is 12.3. The monoisotopic (exact) mass is 1570 g/mol. The summed E-state index contributed by atoms with van der Waals surface area (Å²) in [6.07, 6.45) is 0. The van der Waals surface area contributed by atoms with Gasteiger partial charge in [-0.2, -0.15) is 10.3 Å². The van der Waals surface area contributed by atoms with Crippen LogP contribution in [0.15, 0.2) is 150 Å². The molecule has 513 valence electrons. The number of hydrogen-bond donors (Lipinski definition) is 4. The van der Waals surface area contributed by atoms with Crippen LogP contribution in [-0.2, 0) is 29.1 Å². The molecule has 11 rings (SSSR count). The minimum atomic E-state index is -1.16. The van der Waals surface area contributed by atoms with E-state index in [1.54, 1.807) is 105 Å². The third-order valence-corrected chi connectivity index (χ3v) is 16.9. The van der Waals surface area contributed by atoms with Gasteiger partial charge in [-0.3, -0.25) is 0 Å². The zero-order chi connectivity index (χ0) is 71.9. The summed E-state index contributed by atoms with van der Waals surface area (Å²) in [4.78, 5) is 46.3. The van der Waals surface area contributed by atoms with Crippen molar-refractivity contribution in [3.05, 3.63) is 230 Å². The molecule has 35 heteroatoms. The van der Waals surface area contributed by atoms with Crippen LogP contribution >= 0.6 is 109 Å². The molecule has 0 bridgehead atoms. The molecule has 0 amide bonds. The molecule has 4 aromatic heterocycles. The van der Waals surface area contributed by atoms with E-state index < -0.39 is 23.9 Å². The summed E-state index contributed by atoms with van der Waals surface area (Å²) in [5.74, 6) is -0.621. The number of carbonyl (C=O) groups excluding carboxylic acids is 2. The van der Waals surface area contributed by atoms with Crippen LogP contribution in [-0.4, -0.2) is 142 Å². The fourth-order valence-electron chi connectivity index (χ4n) is 8.46. The largest absolute Gasteiger partial charge is 0.569 e. The number of H-pyrrole nitrogens is 1. The lowest BCUT2D eigenvalue weighted by molar-refractivity contribution is 0.0509. The highest BCUT2D eigenvalue weighted by atomic mass is 79.9. The number of rotatable bonds is 20. The molecular weight excluding hydrogens is 1520 g/mol. The molecule has 0 fully saturated rings. The lowest BCUT2D eigenvalue weighted by atomic mass is 10.1. The van der Waals surface area contributed by atoms with Crippen LogP contribution < -0.4 is 18.9 Å². The maximum absolute atomic E-state index is 12.3. The number of nitrogens with zero attached hydrogens (tertiary/aromatic N) is 11. The molecule has 99 heavy (non-hydrogen) atoms. The summed E-state index contributed by atoms with van der Waals surface area (Å²) in [7, 11) is 5.41. The van der Waals surface area contributed by atoms with E-state index in [9.17, 15) is 24.3 Å². The van der Waals surface area contributed by atoms with Gasteiger partial charge in [-0.15, -0.1) is 20.4 Å². The first kappa shape index (κ1) is 77.4. The molecule has 0 aliphatic carbocycles. The number of nitrogens with one attached hydrogen (secondary N) is 1. The van der Waals surface area contributed by atoms with E-state index in [1.165, 1.54) is 16.8 Å². The highest BCUT2D eigenvalue weighted by Crippen LogP contribution is 2.34. The van der Waals surface area contributed by atoms with Gasteiger partial charge >= 0.3 is 31.6 Å². The number of aromatic nitrogens is 12. The Bertz CT molecular complexity index is 4570. The molecule has 0 spiro atoms. The summed E-state index contributed by atoms with van der Waals surface area (Å²) in [5.41, 5.74) is 5.81. The van der Waals surface area contributed by atoms with E-state index in [1.807, 2.05) is 72.8 Å². The van der Waals surface area contributed by atoms with Gasteiger partial charge < -0.3 is 43.6 Å². The number of aromatic amines is 1. The SMILES string of the molecule is CCOC(=O)c1nnn(Cc2ccc(OC)cc2)c1-c1ccc(Cl)c(Cl)c1.CCOC(=O)c1nnn(Cc2ccc(OC)cc2)c1Br.COc1ccc(Cn2nnc(C(=O)O)c2-c2ccc(Cl)c(Cl)c2)cc1.O=C(O)c1n[nH]nc1-c1ccc(Cl)c(Cl)c1.O[B]Oc1ccc(Cl)c(Cl)c1. The molecule has 25 nitrogen and oxygen atoms in total. The Kier molecular flexibility index (Phi) is 29.6. The van der Waals surface area contributed by atoms with Gasteiger partial charge in [0, 0.05) is 16.7 Å². The molecule has 11 aromatic rings. The number of aromatic carboxylic acids is 2. The second-order valence-electron chi connectivity index (χ2n) is 19.6. The van der Waals surface area contributed by atoms with Gasteiger partial charge in [0.25, 0.3) is 0 Å². The molecule has 0 aliphatic rings. The van der Waals surface area contributed by atoms with Gasteiger partial charge in [-0.05, 0) is 137 Å². The summed E-state index contributed by atoms with van der Waals surface area (Å²) in [6.45, 7) is 5.27. The minimum Gasteiger partial charge on any atom is -0.537 e. The van der Waals surface area contributed by atoms with E-state index >= 15 is 0 Å². The Morgan fingerprint density at radius 2 is 0.798 bits per heavy atom. The number of ether oxygens (including phenoxy) is 5. The van der Waals surface area contributed by atoms with Gasteiger partial charge in [0.1, 0.15) is 44.7 Å². The Hall–Kier alpha value is -9.00. The zero-order valence-electron chi connectivity index (χ0n) is 52.2. The molecule has 0 atom stereocenters. The van der Waals surface area contributed by atoms with Crippen LogP contribution in [0.3, 0.4) is 0 Å². The Morgan fingerprint density at radius 1 is 0.444 bits per heavy atom. The summed E-state index contributed by atoms with van der Waals surface area (Å²) < 4.78 is 35.3. The van der Waals surface area contributed by atoms with Crippen LogP contribution in [0.2, 0.25) is 40.2 Å². The van der Waals surface area contributed by atoms with E-state index in [0.717, 1.165) is 33.9 Å². The molecule has 7 aromatic carbocycles. The van der Waals surface area contributed by atoms with Crippen LogP contribution in [0.5, 0.6) is 23.0 Å². The molecule has 0 saturated heterocycles. The molecule has 4 N–H and O–H groups in total. The first-order valence-electron chi connectivity index (χ1n) is 28.5. The predicted molar refractivity (Wildman–Crippen MR) is 378 cm³/mol. The Morgan fingerprint density at radius 3 is 1.20 bits per heavy atom.